The Morgan fingerprint density at radius 1 is 1.00 bits per heavy atom. The highest BCUT2D eigenvalue weighted by Crippen LogP contribution is 2.17. The van der Waals surface area contributed by atoms with Crippen molar-refractivity contribution in [1.29, 1.82) is 5.26 Å². The van der Waals surface area contributed by atoms with Gasteiger partial charge in [-0.15, -0.1) is 0 Å². The number of hydrogen-bond acceptors (Lipinski definition) is 4. The third kappa shape index (κ3) is 3.70. The van der Waals surface area contributed by atoms with Gasteiger partial charge in [0.15, 0.2) is 6.10 Å². The van der Waals surface area contributed by atoms with Crippen molar-refractivity contribution in [2.75, 3.05) is 5.32 Å². The van der Waals surface area contributed by atoms with Crippen LogP contribution in [0.4, 0.5) is 5.69 Å². The maximum absolute atomic E-state index is 12.3. The first-order valence-electron chi connectivity index (χ1n) is 8.08. The average molecular weight is 344 g/mol. The van der Waals surface area contributed by atoms with E-state index in [4.69, 9.17) is 10.00 Å². The maximum Gasteiger partial charge on any atom is 0.338 e. The summed E-state index contributed by atoms with van der Waals surface area (Å²) in [5.74, 6) is -1.08. The van der Waals surface area contributed by atoms with Gasteiger partial charge in [0.25, 0.3) is 5.91 Å². The number of carbonyl (C=O) groups excluding carboxylic acids is 2. The maximum atomic E-state index is 12.3. The molecule has 1 atom stereocenters. The predicted octanol–water partition coefficient (Wildman–Crippen LogP) is 3.90. The summed E-state index contributed by atoms with van der Waals surface area (Å²) in [4.78, 5) is 24.6. The zero-order valence-electron chi connectivity index (χ0n) is 14.1. The van der Waals surface area contributed by atoms with Crippen molar-refractivity contribution in [2.24, 2.45) is 0 Å². The Morgan fingerprint density at radius 3 is 2.46 bits per heavy atom. The number of nitrogens with one attached hydrogen (secondary N) is 1. The fourth-order valence-corrected chi connectivity index (χ4v) is 2.52. The fourth-order valence-electron chi connectivity index (χ4n) is 2.52. The molecule has 0 spiro atoms. The average Bonchev–Trinajstić information content (AvgIpc) is 2.67. The van der Waals surface area contributed by atoms with Gasteiger partial charge in [-0.3, -0.25) is 4.79 Å². The first-order valence-corrected chi connectivity index (χ1v) is 8.08. The number of fused-ring (bicyclic) bond motifs is 1. The van der Waals surface area contributed by atoms with Crippen LogP contribution in [0.1, 0.15) is 22.8 Å². The SMILES string of the molecule is C[C@H](OC(=O)c1ccc2ccccc2c1)C(=O)Nc1ccccc1C#N. The first kappa shape index (κ1) is 17.2. The van der Waals surface area contributed by atoms with Crippen LogP contribution in [0.5, 0.6) is 0 Å². The van der Waals surface area contributed by atoms with Gasteiger partial charge in [0, 0.05) is 0 Å². The molecule has 0 radical (unpaired) electrons. The quantitative estimate of drug-likeness (QED) is 0.728. The van der Waals surface area contributed by atoms with E-state index in [-0.39, 0.29) is 0 Å². The Hall–Kier alpha value is -3.65. The van der Waals surface area contributed by atoms with Crippen molar-refractivity contribution in [3.8, 4) is 6.07 Å². The number of esters is 1. The molecule has 0 saturated heterocycles. The Morgan fingerprint density at radius 2 is 1.69 bits per heavy atom. The van der Waals surface area contributed by atoms with Crippen LogP contribution in [0.3, 0.4) is 0 Å². The summed E-state index contributed by atoms with van der Waals surface area (Å²) in [5.41, 5.74) is 1.10. The van der Waals surface area contributed by atoms with Gasteiger partial charge in [0.1, 0.15) is 6.07 Å². The number of benzene rings is 3. The van der Waals surface area contributed by atoms with Crippen molar-refractivity contribution >= 4 is 28.3 Å². The van der Waals surface area contributed by atoms with E-state index in [1.165, 1.54) is 6.92 Å². The highest BCUT2D eigenvalue weighted by Gasteiger charge is 2.20. The Labute approximate surface area is 150 Å². The molecule has 5 heteroatoms. The molecule has 5 nitrogen and oxygen atoms in total. The van der Waals surface area contributed by atoms with Crippen molar-refractivity contribution in [1.82, 2.24) is 0 Å². The number of ether oxygens (including phenoxy) is 1. The van der Waals surface area contributed by atoms with Crippen LogP contribution in [-0.2, 0) is 9.53 Å². The van der Waals surface area contributed by atoms with Gasteiger partial charge in [0.05, 0.1) is 16.8 Å². The lowest BCUT2D eigenvalue weighted by Crippen LogP contribution is -2.30. The van der Waals surface area contributed by atoms with Gasteiger partial charge in [-0.05, 0) is 42.0 Å². The van der Waals surface area contributed by atoms with Crippen LogP contribution in [0.15, 0.2) is 66.7 Å². The second-order valence-electron chi connectivity index (χ2n) is 5.76. The number of amides is 1. The summed E-state index contributed by atoms with van der Waals surface area (Å²) in [5, 5.41) is 13.6. The number of rotatable bonds is 4. The van der Waals surface area contributed by atoms with Gasteiger partial charge in [-0.1, -0.05) is 42.5 Å². The Kier molecular flexibility index (Phi) is 4.95. The monoisotopic (exact) mass is 344 g/mol. The molecule has 26 heavy (non-hydrogen) atoms. The van der Waals surface area contributed by atoms with Gasteiger partial charge in [-0.25, -0.2) is 4.79 Å². The lowest BCUT2D eigenvalue weighted by atomic mass is 10.1. The molecule has 1 N–H and O–H groups in total. The van der Waals surface area contributed by atoms with E-state index in [1.54, 1.807) is 36.4 Å². The van der Waals surface area contributed by atoms with E-state index in [2.05, 4.69) is 5.32 Å². The topological polar surface area (TPSA) is 79.2 Å². The molecule has 128 valence electrons. The summed E-state index contributed by atoms with van der Waals surface area (Å²) in [6, 6.07) is 21.5. The van der Waals surface area contributed by atoms with E-state index >= 15 is 0 Å². The highest BCUT2D eigenvalue weighted by molar-refractivity contribution is 5.99. The molecular weight excluding hydrogens is 328 g/mol. The van der Waals surface area contributed by atoms with E-state index in [9.17, 15) is 9.59 Å². The molecule has 0 aliphatic carbocycles. The molecule has 1 amide bonds. The van der Waals surface area contributed by atoms with E-state index in [0.717, 1.165) is 10.8 Å². The number of nitriles is 1. The number of carbonyl (C=O) groups is 2. The molecule has 0 unspecified atom stereocenters. The van der Waals surface area contributed by atoms with E-state index in [0.29, 0.717) is 16.8 Å². The minimum Gasteiger partial charge on any atom is -0.449 e. The van der Waals surface area contributed by atoms with Crippen LogP contribution in [0.2, 0.25) is 0 Å². The molecule has 0 aromatic heterocycles. The summed E-state index contributed by atoms with van der Waals surface area (Å²) >= 11 is 0. The molecule has 0 aliphatic heterocycles. The molecule has 0 aliphatic rings. The minimum atomic E-state index is -0.999. The Balaban J connectivity index is 1.69. The van der Waals surface area contributed by atoms with Crippen molar-refractivity contribution in [2.45, 2.75) is 13.0 Å². The standard InChI is InChI=1S/C21H16N2O3/c1-14(20(24)23-19-9-5-4-8-18(19)13-22)26-21(25)17-11-10-15-6-2-3-7-16(15)12-17/h2-12,14H,1H3,(H,23,24)/t14-/m0/s1. The third-order valence-corrected chi connectivity index (χ3v) is 3.94. The van der Waals surface area contributed by atoms with Gasteiger partial charge in [0.2, 0.25) is 0 Å². The first-order chi connectivity index (χ1) is 12.6. The smallest absolute Gasteiger partial charge is 0.338 e. The number of hydrogen-bond donors (Lipinski definition) is 1. The third-order valence-electron chi connectivity index (χ3n) is 3.94. The van der Waals surface area contributed by atoms with Crippen LogP contribution in [0.25, 0.3) is 10.8 Å². The Bertz CT molecular complexity index is 1020. The van der Waals surface area contributed by atoms with Gasteiger partial charge >= 0.3 is 5.97 Å². The zero-order valence-corrected chi connectivity index (χ0v) is 14.1. The lowest BCUT2D eigenvalue weighted by Gasteiger charge is -2.14. The predicted molar refractivity (Wildman–Crippen MR) is 98.6 cm³/mol. The lowest BCUT2D eigenvalue weighted by molar-refractivity contribution is -0.123. The molecule has 3 rings (SSSR count). The van der Waals surface area contributed by atoms with Gasteiger partial charge in [-0.2, -0.15) is 5.26 Å². The molecule has 0 fully saturated rings. The largest absolute Gasteiger partial charge is 0.449 e. The summed E-state index contributed by atoms with van der Waals surface area (Å²) in [7, 11) is 0. The molecule has 0 heterocycles. The molecule has 0 bridgehead atoms. The zero-order chi connectivity index (χ0) is 18.5. The number of nitrogens with zero attached hydrogens (tertiary/aromatic N) is 1. The minimum absolute atomic E-state index is 0.342. The van der Waals surface area contributed by atoms with Crippen LogP contribution in [0, 0.1) is 11.3 Å². The normalized spacial score (nSPS) is 11.4. The molecule has 3 aromatic carbocycles. The summed E-state index contributed by atoms with van der Waals surface area (Å²) in [6.07, 6.45) is -0.999. The molecular formula is C21H16N2O3. The van der Waals surface area contributed by atoms with Crippen molar-refractivity contribution < 1.29 is 14.3 Å². The second-order valence-corrected chi connectivity index (χ2v) is 5.76. The summed E-state index contributed by atoms with van der Waals surface area (Å²) < 4.78 is 5.26. The number of para-hydroxylation sites is 1. The molecule has 3 aromatic rings. The number of anilines is 1. The van der Waals surface area contributed by atoms with Crippen LogP contribution >= 0.6 is 0 Å². The van der Waals surface area contributed by atoms with Gasteiger partial charge < -0.3 is 10.1 Å². The highest BCUT2D eigenvalue weighted by atomic mass is 16.5. The van der Waals surface area contributed by atoms with Crippen LogP contribution in [-0.4, -0.2) is 18.0 Å². The second kappa shape index (κ2) is 7.49. The molecule has 0 saturated carbocycles. The summed E-state index contributed by atoms with van der Waals surface area (Å²) in [6.45, 7) is 1.49. The van der Waals surface area contributed by atoms with Crippen molar-refractivity contribution in [3.05, 3.63) is 77.9 Å². The van der Waals surface area contributed by atoms with E-state index in [1.807, 2.05) is 36.4 Å². The van der Waals surface area contributed by atoms with Crippen molar-refractivity contribution in [3.63, 3.8) is 0 Å². The van der Waals surface area contributed by atoms with E-state index < -0.39 is 18.0 Å². The van der Waals surface area contributed by atoms with Crippen LogP contribution < -0.4 is 5.32 Å². The fraction of sp³-hybridized carbons (Fsp3) is 0.0952.